The molecule has 0 fully saturated rings. The fraction of sp³-hybridized carbons (Fsp3) is 0.118. The van der Waals surface area contributed by atoms with E-state index in [4.69, 9.17) is 0 Å². The van der Waals surface area contributed by atoms with Crippen molar-refractivity contribution in [3.05, 3.63) is 81.2 Å². The molecule has 2 heterocycles. The number of non-ortho nitro benzene ring substituents is 1. The Morgan fingerprint density at radius 2 is 1.67 bits per heavy atom. The monoisotopic (exact) mass is 364 g/mol. The predicted octanol–water partition coefficient (Wildman–Crippen LogP) is 1.43. The van der Waals surface area contributed by atoms with Crippen LogP contribution in [0.5, 0.6) is 0 Å². The molecule has 4 rings (SSSR count). The number of carbonyl (C=O) groups excluding carboxylic acids is 2. The van der Waals surface area contributed by atoms with Crippen LogP contribution >= 0.6 is 0 Å². The second kappa shape index (κ2) is 6.41. The van der Waals surface area contributed by atoms with Gasteiger partial charge in [0.1, 0.15) is 0 Å². The van der Waals surface area contributed by atoms with E-state index in [2.05, 4.69) is 15.5 Å². The Labute approximate surface area is 152 Å². The molecular weight excluding hydrogens is 352 g/mol. The molecule has 1 aromatic heterocycles. The zero-order chi connectivity index (χ0) is 19.0. The molecule has 2 amide bonds. The molecule has 0 unspecified atom stereocenters. The number of fused-ring (bicyclic) bond motifs is 1. The molecule has 1 aliphatic heterocycles. The number of hydrogen-bond acceptors (Lipinski definition) is 7. The van der Waals surface area contributed by atoms with Gasteiger partial charge in [-0.25, -0.2) is 4.68 Å². The van der Waals surface area contributed by atoms with Gasteiger partial charge in [-0.05, 0) is 28.1 Å². The molecule has 0 saturated heterocycles. The minimum atomic E-state index is -0.483. The number of nitro groups is 1. The first-order valence-electron chi connectivity index (χ1n) is 7.98. The number of amides is 2. The lowest BCUT2D eigenvalue weighted by molar-refractivity contribution is -0.384. The lowest BCUT2D eigenvalue weighted by atomic mass is 10.1. The summed E-state index contributed by atoms with van der Waals surface area (Å²) in [7, 11) is 0. The SMILES string of the molecule is O=C1c2ccccc2C(=O)N1Cc1nnnn1Cc1cccc([N+](=O)[O-])c1. The molecule has 0 N–H and O–H groups in total. The number of tetrazole rings is 1. The fourth-order valence-corrected chi connectivity index (χ4v) is 2.92. The van der Waals surface area contributed by atoms with Crippen LogP contribution in [-0.2, 0) is 13.1 Å². The van der Waals surface area contributed by atoms with Crippen LogP contribution in [0, 0.1) is 10.1 Å². The van der Waals surface area contributed by atoms with Crippen molar-refractivity contribution in [3.8, 4) is 0 Å². The van der Waals surface area contributed by atoms with Crippen LogP contribution in [-0.4, -0.2) is 41.8 Å². The summed E-state index contributed by atoms with van der Waals surface area (Å²) in [5.74, 6) is -0.503. The molecule has 0 atom stereocenters. The van der Waals surface area contributed by atoms with Gasteiger partial charge in [-0.15, -0.1) is 5.10 Å². The second-order valence-electron chi connectivity index (χ2n) is 5.92. The van der Waals surface area contributed by atoms with Gasteiger partial charge in [0.05, 0.1) is 29.1 Å². The van der Waals surface area contributed by atoms with Crippen molar-refractivity contribution in [2.75, 3.05) is 0 Å². The van der Waals surface area contributed by atoms with Crippen LogP contribution in [0.2, 0.25) is 0 Å². The average molecular weight is 364 g/mol. The van der Waals surface area contributed by atoms with Crippen molar-refractivity contribution in [1.82, 2.24) is 25.1 Å². The van der Waals surface area contributed by atoms with Crippen LogP contribution in [0.1, 0.15) is 32.1 Å². The topological polar surface area (TPSA) is 124 Å². The van der Waals surface area contributed by atoms with Crippen LogP contribution in [0.4, 0.5) is 5.69 Å². The van der Waals surface area contributed by atoms with Crippen molar-refractivity contribution in [1.29, 1.82) is 0 Å². The number of hydrogen-bond donors (Lipinski definition) is 0. The van der Waals surface area contributed by atoms with Gasteiger partial charge >= 0.3 is 0 Å². The minimum absolute atomic E-state index is 0.0394. The number of carbonyl (C=O) groups is 2. The summed E-state index contributed by atoms with van der Waals surface area (Å²) < 4.78 is 1.41. The first kappa shape index (κ1) is 16.5. The van der Waals surface area contributed by atoms with Crippen molar-refractivity contribution in [2.45, 2.75) is 13.1 Å². The third-order valence-corrected chi connectivity index (χ3v) is 4.24. The van der Waals surface area contributed by atoms with E-state index < -0.39 is 16.7 Å². The Kier molecular flexibility index (Phi) is 3.92. The molecule has 0 bridgehead atoms. The Morgan fingerprint density at radius 1 is 0.963 bits per heavy atom. The molecule has 0 radical (unpaired) electrons. The van der Waals surface area contributed by atoms with Crippen molar-refractivity contribution < 1.29 is 14.5 Å². The van der Waals surface area contributed by atoms with Crippen molar-refractivity contribution >= 4 is 17.5 Å². The Hall–Kier alpha value is -3.95. The highest BCUT2D eigenvalue weighted by molar-refractivity contribution is 6.21. The summed E-state index contributed by atoms with van der Waals surface area (Å²) in [6, 6.07) is 12.7. The van der Waals surface area contributed by atoms with E-state index in [9.17, 15) is 19.7 Å². The van der Waals surface area contributed by atoms with Crippen molar-refractivity contribution in [3.63, 3.8) is 0 Å². The first-order valence-corrected chi connectivity index (χ1v) is 7.98. The maximum absolute atomic E-state index is 12.5. The number of aromatic nitrogens is 4. The standard InChI is InChI=1S/C17H12N6O4/c24-16-13-6-1-2-7-14(13)17(25)21(16)10-15-18-19-20-22(15)9-11-4-3-5-12(8-11)23(26)27/h1-8H,9-10H2. The lowest BCUT2D eigenvalue weighted by Crippen LogP contribution is -2.30. The molecular formula is C17H12N6O4. The van der Waals surface area contributed by atoms with E-state index >= 15 is 0 Å². The summed E-state index contributed by atoms with van der Waals surface area (Å²) >= 11 is 0. The van der Waals surface area contributed by atoms with Gasteiger partial charge in [-0.3, -0.25) is 24.6 Å². The molecule has 1 aliphatic rings. The van der Waals surface area contributed by atoms with E-state index in [1.165, 1.54) is 16.8 Å². The molecule has 0 aliphatic carbocycles. The number of imide groups is 1. The quantitative estimate of drug-likeness (QED) is 0.381. The Morgan fingerprint density at radius 3 is 2.33 bits per heavy atom. The van der Waals surface area contributed by atoms with E-state index in [0.29, 0.717) is 22.5 Å². The highest BCUT2D eigenvalue weighted by Gasteiger charge is 2.36. The third kappa shape index (κ3) is 2.92. The summed E-state index contributed by atoms with van der Waals surface area (Å²) in [4.78, 5) is 36.5. The van der Waals surface area contributed by atoms with Crippen LogP contribution < -0.4 is 0 Å². The minimum Gasteiger partial charge on any atom is -0.269 e. The first-order chi connectivity index (χ1) is 13.0. The number of nitrogens with zero attached hydrogens (tertiary/aromatic N) is 6. The number of rotatable bonds is 5. The van der Waals surface area contributed by atoms with Crippen LogP contribution in [0.25, 0.3) is 0 Å². The van der Waals surface area contributed by atoms with E-state index in [1.807, 2.05) is 0 Å². The molecule has 2 aromatic carbocycles. The highest BCUT2D eigenvalue weighted by atomic mass is 16.6. The molecule has 10 nitrogen and oxygen atoms in total. The lowest BCUT2D eigenvalue weighted by Gasteiger charge is -2.13. The number of benzene rings is 2. The van der Waals surface area contributed by atoms with Crippen LogP contribution in [0.3, 0.4) is 0 Å². The van der Waals surface area contributed by atoms with Gasteiger partial charge in [-0.1, -0.05) is 24.3 Å². The normalized spacial score (nSPS) is 13.1. The maximum Gasteiger partial charge on any atom is 0.269 e. The van der Waals surface area contributed by atoms with Gasteiger partial charge in [-0.2, -0.15) is 0 Å². The van der Waals surface area contributed by atoms with E-state index in [-0.39, 0.29) is 18.8 Å². The summed E-state index contributed by atoms with van der Waals surface area (Å²) in [5, 5.41) is 22.3. The number of nitro benzene ring substituents is 1. The fourth-order valence-electron chi connectivity index (χ4n) is 2.92. The molecule has 10 heteroatoms. The largest absolute Gasteiger partial charge is 0.269 e. The smallest absolute Gasteiger partial charge is 0.269 e. The molecule has 0 spiro atoms. The molecule has 3 aromatic rings. The molecule has 0 saturated carbocycles. The Balaban J connectivity index is 1.57. The third-order valence-electron chi connectivity index (χ3n) is 4.24. The Bertz CT molecular complexity index is 1040. The summed E-state index contributed by atoms with van der Waals surface area (Å²) in [6.07, 6.45) is 0. The summed E-state index contributed by atoms with van der Waals surface area (Å²) in [5.41, 5.74) is 1.28. The van der Waals surface area contributed by atoms with Gasteiger partial charge in [0.15, 0.2) is 5.82 Å². The van der Waals surface area contributed by atoms with Crippen LogP contribution in [0.15, 0.2) is 48.5 Å². The molecule has 134 valence electrons. The van der Waals surface area contributed by atoms with Gasteiger partial charge in [0.25, 0.3) is 17.5 Å². The maximum atomic E-state index is 12.5. The second-order valence-corrected chi connectivity index (χ2v) is 5.92. The van der Waals surface area contributed by atoms with E-state index in [1.54, 1.807) is 36.4 Å². The highest BCUT2D eigenvalue weighted by Crippen LogP contribution is 2.24. The zero-order valence-corrected chi connectivity index (χ0v) is 13.8. The van der Waals surface area contributed by atoms with Gasteiger partial charge in [0, 0.05) is 12.1 Å². The molecule has 27 heavy (non-hydrogen) atoms. The van der Waals surface area contributed by atoms with Gasteiger partial charge < -0.3 is 0 Å². The zero-order valence-electron chi connectivity index (χ0n) is 13.8. The predicted molar refractivity (Wildman–Crippen MR) is 90.7 cm³/mol. The summed E-state index contributed by atoms with van der Waals surface area (Å²) in [6.45, 7) is 0.0848. The average Bonchev–Trinajstić information content (AvgIpc) is 3.20. The van der Waals surface area contributed by atoms with Gasteiger partial charge in [0.2, 0.25) is 0 Å². The van der Waals surface area contributed by atoms with E-state index in [0.717, 1.165) is 4.90 Å². The van der Waals surface area contributed by atoms with Crippen molar-refractivity contribution in [2.24, 2.45) is 0 Å².